The number of aryl methyl sites for hydroxylation is 1. The molecule has 2 bridgehead atoms. The second kappa shape index (κ2) is 5.32. The summed E-state index contributed by atoms with van der Waals surface area (Å²) in [5.74, 6) is 0. The predicted molar refractivity (Wildman–Crippen MR) is 78.8 cm³/mol. The van der Waals surface area contributed by atoms with Crippen molar-refractivity contribution in [1.82, 2.24) is 9.55 Å². The molecule has 126 valence electrons. The first-order valence-corrected chi connectivity index (χ1v) is 8.68. The van der Waals surface area contributed by atoms with Crippen LogP contribution in [0.5, 0.6) is 0 Å². The summed E-state index contributed by atoms with van der Waals surface area (Å²) < 4.78 is 29.1. The second-order valence-corrected chi connectivity index (χ2v) is 7.24. The Balaban J connectivity index is 2.00. The molecule has 2 fully saturated rings. The molecule has 0 aromatic carbocycles. The zero-order chi connectivity index (χ0) is 17.0. The molecule has 23 heavy (non-hydrogen) atoms. The van der Waals surface area contributed by atoms with Crippen LogP contribution in [0.15, 0.2) is 15.8 Å². The monoisotopic (exact) mass is 345 g/mol. The fourth-order valence-electron chi connectivity index (χ4n) is 3.05. The summed E-state index contributed by atoms with van der Waals surface area (Å²) in [5.41, 5.74) is -3.20. The molecule has 9 nitrogen and oxygen atoms in total. The number of ether oxygens (including phenoxy) is 2. The van der Waals surface area contributed by atoms with Crippen LogP contribution in [0.1, 0.15) is 18.7 Å². The van der Waals surface area contributed by atoms with E-state index in [1.54, 1.807) is 13.8 Å². The van der Waals surface area contributed by atoms with Gasteiger partial charge in [-0.1, -0.05) is 0 Å². The van der Waals surface area contributed by atoms with Crippen LogP contribution in [0, 0.1) is 6.92 Å². The standard InChI is InChI=1S/C13H17N2O7P/c1-7-4-15(11(18)14-8(7)16)10-12(2)9(17)13(22-10,5-20-12)6-21-23(3)19/h4,9-10,17H,5-6H2,1-3H3/p+1/t9-,10+,12+,13+/m0/s1. The fourth-order valence-corrected chi connectivity index (χ4v) is 3.45. The van der Waals surface area contributed by atoms with Gasteiger partial charge in [-0.3, -0.25) is 14.3 Å². The Bertz CT molecular complexity index is 774. The van der Waals surface area contributed by atoms with Crippen molar-refractivity contribution < 1.29 is 23.7 Å². The molecule has 10 heteroatoms. The van der Waals surface area contributed by atoms with Gasteiger partial charge in [-0.05, 0) is 18.4 Å². The molecule has 2 N–H and O–H groups in total. The number of H-pyrrole nitrogens is 1. The average molecular weight is 345 g/mol. The maximum absolute atomic E-state index is 12.1. The van der Waals surface area contributed by atoms with Gasteiger partial charge in [0, 0.05) is 11.8 Å². The second-order valence-electron chi connectivity index (χ2n) is 6.10. The van der Waals surface area contributed by atoms with Gasteiger partial charge in [-0.25, -0.2) is 4.79 Å². The number of nitrogens with zero attached hydrogens (tertiary/aromatic N) is 1. The van der Waals surface area contributed by atoms with Crippen molar-refractivity contribution in [2.45, 2.75) is 37.4 Å². The lowest BCUT2D eigenvalue weighted by molar-refractivity contribution is -0.211. The molecular formula is C13H18N2O7P+. The Kier molecular flexibility index (Phi) is 3.81. The van der Waals surface area contributed by atoms with E-state index in [1.807, 2.05) is 0 Å². The Morgan fingerprint density at radius 3 is 2.91 bits per heavy atom. The van der Waals surface area contributed by atoms with Crippen molar-refractivity contribution in [3.63, 3.8) is 0 Å². The van der Waals surface area contributed by atoms with Gasteiger partial charge in [0.05, 0.1) is 6.61 Å². The van der Waals surface area contributed by atoms with E-state index in [0.717, 1.165) is 0 Å². The Labute approximate surface area is 132 Å². The highest BCUT2D eigenvalue weighted by atomic mass is 31.1. The maximum Gasteiger partial charge on any atom is 0.504 e. The van der Waals surface area contributed by atoms with Crippen LogP contribution < -0.4 is 11.2 Å². The Morgan fingerprint density at radius 1 is 1.57 bits per heavy atom. The number of aromatic nitrogens is 2. The highest BCUT2D eigenvalue weighted by Gasteiger charge is 2.69. The van der Waals surface area contributed by atoms with E-state index < -0.39 is 42.8 Å². The molecule has 0 radical (unpaired) electrons. The molecule has 1 aromatic rings. The third-order valence-electron chi connectivity index (χ3n) is 4.39. The summed E-state index contributed by atoms with van der Waals surface area (Å²) in [6, 6.07) is 0. The zero-order valence-electron chi connectivity index (χ0n) is 12.9. The molecule has 0 aliphatic carbocycles. The van der Waals surface area contributed by atoms with Gasteiger partial charge in [-0.15, -0.1) is 4.52 Å². The largest absolute Gasteiger partial charge is 0.504 e. The van der Waals surface area contributed by atoms with Crippen molar-refractivity contribution >= 4 is 8.03 Å². The molecule has 2 saturated heterocycles. The fraction of sp³-hybridized carbons (Fsp3) is 0.692. The number of nitrogens with one attached hydrogen (secondary N) is 1. The number of aliphatic hydroxyl groups excluding tert-OH is 1. The van der Waals surface area contributed by atoms with Gasteiger partial charge >= 0.3 is 13.7 Å². The van der Waals surface area contributed by atoms with Gasteiger partial charge in [0.25, 0.3) is 5.56 Å². The smallest absolute Gasteiger partial charge is 0.387 e. The average Bonchev–Trinajstić information content (AvgIpc) is 2.85. The zero-order valence-corrected chi connectivity index (χ0v) is 13.8. The van der Waals surface area contributed by atoms with E-state index in [1.165, 1.54) is 17.4 Å². The number of hydrogen-bond acceptors (Lipinski definition) is 7. The van der Waals surface area contributed by atoms with Gasteiger partial charge in [0.15, 0.2) is 18.5 Å². The highest BCUT2D eigenvalue weighted by molar-refractivity contribution is 7.38. The molecule has 2 aliphatic rings. The van der Waals surface area contributed by atoms with Gasteiger partial charge in [0.1, 0.15) is 18.3 Å². The van der Waals surface area contributed by atoms with Gasteiger partial charge in [-0.2, -0.15) is 0 Å². The summed E-state index contributed by atoms with van der Waals surface area (Å²) in [7, 11) is -1.87. The number of rotatable bonds is 4. The molecule has 0 amide bonds. The summed E-state index contributed by atoms with van der Waals surface area (Å²) in [6.07, 6.45) is -0.648. The first-order chi connectivity index (χ1) is 10.7. The number of fused-ring (bicyclic) bond motifs is 2. The first kappa shape index (κ1) is 16.5. The summed E-state index contributed by atoms with van der Waals surface area (Å²) in [5, 5.41) is 10.6. The number of hydrogen-bond donors (Lipinski definition) is 2. The lowest BCUT2D eigenvalue weighted by Gasteiger charge is -2.33. The summed E-state index contributed by atoms with van der Waals surface area (Å²) >= 11 is 0. The van der Waals surface area contributed by atoms with E-state index in [9.17, 15) is 19.3 Å². The molecule has 0 spiro atoms. The molecule has 1 unspecified atom stereocenters. The lowest BCUT2D eigenvalue weighted by Crippen LogP contribution is -2.46. The van der Waals surface area contributed by atoms with Crippen LogP contribution in [-0.4, -0.2) is 51.8 Å². The third-order valence-corrected chi connectivity index (χ3v) is 4.89. The topological polar surface area (TPSA) is 120 Å². The minimum atomic E-state index is -1.87. The Hall–Kier alpha value is -1.38. The van der Waals surface area contributed by atoms with Crippen molar-refractivity contribution in [2.24, 2.45) is 0 Å². The quantitative estimate of drug-likeness (QED) is 0.716. The number of aliphatic hydroxyl groups is 1. The molecule has 3 rings (SSSR count). The lowest BCUT2D eigenvalue weighted by atomic mass is 9.92. The number of aromatic amines is 1. The van der Waals surface area contributed by atoms with Gasteiger partial charge < -0.3 is 14.6 Å². The highest BCUT2D eigenvalue weighted by Crippen LogP contribution is 2.52. The molecular weight excluding hydrogens is 327 g/mol. The molecule has 1 aromatic heterocycles. The SMILES string of the molecule is Cc1cn([C@@H]2O[C@@]3(CO[P+](C)=O)CO[C@]2(C)[C@@H]3O)c(=O)[nH]c1=O. The molecule has 2 aliphatic heterocycles. The third kappa shape index (κ3) is 2.40. The summed E-state index contributed by atoms with van der Waals surface area (Å²) in [6.45, 7) is 4.51. The molecule has 5 atom stereocenters. The van der Waals surface area contributed by atoms with Gasteiger partial charge in [0.2, 0.25) is 0 Å². The summed E-state index contributed by atoms with van der Waals surface area (Å²) in [4.78, 5) is 25.8. The van der Waals surface area contributed by atoms with Crippen molar-refractivity contribution in [3.8, 4) is 0 Å². The van der Waals surface area contributed by atoms with E-state index in [0.29, 0.717) is 5.56 Å². The van der Waals surface area contributed by atoms with Crippen LogP contribution in [0.3, 0.4) is 0 Å². The van der Waals surface area contributed by atoms with Crippen LogP contribution in [-0.2, 0) is 18.6 Å². The Morgan fingerprint density at radius 2 is 2.26 bits per heavy atom. The van der Waals surface area contributed by atoms with E-state index in [-0.39, 0.29) is 13.2 Å². The van der Waals surface area contributed by atoms with Crippen molar-refractivity contribution in [2.75, 3.05) is 19.9 Å². The minimum absolute atomic E-state index is 0.0570. The van der Waals surface area contributed by atoms with Crippen LogP contribution >= 0.6 is 8.03 Å². The van der Waals surface area contributed by atoms with Crippen LogP contribution in [0.25, 0.3) is 0 Å². The van der Waals surface area contributed by atoms with Crippen molar-refractivity contribution in [3.05, 3.63) is 32.6 Å². The van der Waals surface area contributed by atoms with Crippen LogP contribution in [0.2, 0.25) is 0 Å². The van der Waals surface area contributed by atoms with Crippen molar-refractivity contribution in [1.29, 1.82) is 0 Å². The van der Waals surface area contributed by atoms with E-state index in [2.05, 4.69) is 4.98 Å². The normalized spacial score (nSPS) is 36.4. The maximum atomic E-state index is 12.1. The van der Waals surface area contributed by atoms with E-state index in [4.69, 9.17) is 14.0 Å². The minimum Gasteiger partial charge on any atom is -0.387 e. The van der Waals surface area contributed by atoms with E-state index >= 15 is 0 Å². The van der Waals surface area contributed by atoms with Crippen LogP contribution in [0.4, 0.5) is 0 Å². The predicted octanol–water partition coefficient (Wildman–Crippen LogP) is -0.349. The molecule has 0 saturated carbocycles. The first-order valence-electron chi connectivity index (χ1n) is 7.05. The molecule has 3 heterocycles.